The van der Waals surface area contributed by atoms with Crippen molar-refractivity contribution in [1.82, 2.24) is 0 Å². The second-order valence-corrected chi connectivity index (χ2v) is 8.87. The zero-order chi connectivity index (χ0) is 25.2. The van der Waals surface area contributed by atoms with Crippen LogP contribution in [0.5, 0.6) is 0 Å². The number of carbonyl (C=O) groups is 2. The number of benzene rings is 4. The first-order valence-electron chi connectivity index (χ1n) is 11.8. The van der Waals surface area contributed by atoms with Crippen molar-refractivity contribution in [3.8, 4) is 0 Å². The zero-order valence-corrected chi connectivity index (χ0v) is 19.6. The minimum atomic E-state index is -0.488. The third kappa shape index (κ3) is 4.38. The molecule has 2 atom stereocenters. The Kier molecular flexibility index (Phi) is 6.34. The first kappa shape index (κ1) is 23.4. The molecule has 0 saturated carbocycles. The van der Waals surface area contributed by atoms with Gasteiger partial charge in [0, 0.05) is 28.5 Å². The largest absolute Gasteiger partial charge is 0.305 e. The summed E-state index contributed by atoms with van der Waals surface area (Å²) in [5, 5.41) is 0. The Bertz CT molecular complexity index is 1420. The zero-order valence-electron chi connectivity index (χ0n) is 19.6. The highest BCUT2D eigenvalue weighted by Crippen LogP contribution is 2.43. The number of amides is 2. The van der Waals surface area contributed by atoms with Gasteiger partial charge >= 0.3 is 0 Å². The third-order valence-electron chi connectivity index (χ3n) is 6.49. The van der Waals surface area contributed by atoms with Gasteiger partial charge in [-0.15, -0.1) is 0 Å². The van der Waals surface area contributed by atoms with Gasteiger partial charge < -0.3 is 9.80 Å². The van der Waals surface area contributed by atoms with Gasteiger partial charge in [0.15, 0.2) is 0 Å². The Morgan fingerprint density at radius 3 is 2.08 bits per heavy atom. The van der Waals surface area contributed by atoms with E-state index in [1.807, 2.05) is 61.5 Å². The van der Waals surface area contributed by atoms with Gasteiger partial charge in [0.25, 0.3) is 11.8 Å². The second kappa shape index (κ2) is 9.74. The molecule has 1 heterocycles. The Balaban J connectivity index is 1.61. The van der Waals surface area contributed by atoms with Gasteiger partial charge in [-0.1, -0.05) is 48.5 Å². The number of para-hydroxylation sites is 2. The number of hydrogen-bond donors (Lipinski definition) is 0. The minimum absolute atomic E-state index is 0.238. The predicted molar refractivity (Wildman–Crippen MR) is 136 cm³/mol. The summed E-state index contributed by atoms with van der Waals surface area (Å²) >= 11 is 0. The van der Waals surface area contributed by atoms with E-state index >= 15 is 0 Å². The molecule has 6 heteroatoms. The summed E-state index contributed by atoms with van der Waals surface area (Å²) in [7, 11) is 0. The summed E-state index contributed by atoms with van der Waals surface area (Å²) in [4.78, 5) is 30.7. The monoisotopic (exact) mass is 482 g/mol. The highest BCUT2D eigenvalue weighted by Gasteiger charge is 2.39. The topological polar surface area (TPSA) is 40.6 Å². The molecule has 36 heavy (non-hydrogen) atoms. The molecule has 0 aromatic heterocycles. The maximum atomic E-state index is 14.0. The fourth-order valence-electron chi connectivity index (χ4n) is 4.88. The molecule has 2 amide bonds. The lowest BCUT2D eigenvalue weighted by molar-refractivity contribution is 0.0965. The second-order valence-electron chi connectivity index (χ2n) is 8.87. The molecule has 180 valence electrons. The highest BCUT2D eigenvalue weighted by molar-refractivity contribution is 6.09. The quantitative estimate of drug-likeness (QED) is 0.321. The Morgan fingerprint density at radius 1 is 0.778 bits per heavy atom. The van der Waals surface area contributed by atoms with Crippen LogP contribution in [0.3, 0.4) is 0 Å². The summed E-state index contributed by atoms with van der Waals surface area (Å²) < 4.78 is 27.9. The van der Waals surface area contributed by atoms with Crippen molar-refractivity contribution in [2.45, 2.75) is 25.4 Å². The van der Waals surface area contributed by atoms with Gasteiger partial charge in [-0.2, -0.15) is 0 Å². The highest BCUT2D eigenvalue weighted by atomic mass is 19.1. The summed E-state index contributed by atoms with van der Waals surface area (Å²) in [6.45, 7) is 1.91. The first-order valence-corrected chi connectivity index (χ1v) is 11.8. The summed E-state index contributed by atoms with van der Waals surface area (Å²) in [5.41, 5.74) is 2.61. The van der Waals surface area contributed by atoms with Gasteiger partial charge in [0.05, 0.1) is 6.04 Å². The van der Waals surface area contributed by atoms with Crippen LogP contribution in [0.1, 0.15) is 45.7 Å². The van der Waals surface area contributed by atoms with Crippen LogP contribution < -0.4 is 9.80 Å². The average Bonchev–Trinajstić information content (AvgIpc) is 2.89. The van der Waals surface area contributed by atoms with E-state index in [2.05, 4.69) is 0 Å². The lowest BCUT2D eigenvalue weighted by Gasteiger charge is -2.43. The molecule has 0 aliphatic carbocycles. The number of halogens is 2. The normalized spacial score (nSPS) is 16.8. The van der Waals surface area contributed by atoms with E-state index in [-0.39, 0.29) is 29.0 Å². The van der Waals surface area contributed by atoms with Crippen LogP contribution in [0.2, 0.25) is 0 Å². The summed E-state index contributed by atoms with van der Waals surface area (Å²) in [6.07, 6.45) is 0.439. The van der Waals surface area contributed by atoms with Crippen LogP contribution >= 0.6 is 0 Å². The van der Waals surface area contributed by atoms with Crippen molar-refractivity contribution in [3.05, 3.63) is 131 Å². The molecule has 4 nitrogen and oxygen atoms in total. The molecule has 0 fully saturated rings. The molecule has 0 N–H and O–H groups in total. The number of hydrogen-bond acceptors (Lipinski definition) is 2. The van der Waals surface area contributed by atoms with Crippen molar-refractivity contribution >= 4 is 23.2 Å². The van der Waals surface area contributed by atoms with E-state index < -0.39 is 17.7 Å². The molecular weight excluding hydrogens is 458 g/mol. The minimum Gasteiger partial charge on any atom is -0.305 e. The molecule has 4 aromatic carbocycles. The lowest BCUT2D eigenvalue weighted by Crippen LogP contribution is -2.47. The Morgan fingerprint density at radius 2 is 1.39 bits per heavy atom. The summed E-state index contributed by atoms with van der Waals surface area (Å²) in [6, 6.07) is 27.3. The fraction of sp³-hybridized carbons (Fsp3) is 0.133. The molecule has 0 radical (unpaired) electrons. The SMILES string of the molecule is C[C@H]1C[C@H](N(C(=O)c2cccc(F)c2)c2ccccc2)c2ccccc2N1C(=O)c1cccc(F)c1. The van der Waals surface area contributed by atoms with E-state index in [0.717, 1.165) is 5.56 Å². The third-order valence-corrected chi connectivity index (χ3v) is 6.49. The van der Waals surface area contributed by atoms with Crippen LogP contribution in [-0.2, 0) is 0 Å². The Labute approximate surface area is 208 Å². The van der Waals surface area contributed by atoms with Gasteiger partial charge in [-0.3, -0.25) is 9.59 Å². The van der Waals surface area contributed by atoms with Gasteiger partial charge in [0.2, 0.25) is 0 Å². The van der Waals surface area contributed by atoms with Crippen molar-refractivity contribution in [1.29, 1.82) is 0 Å². The van der Waals surface area contributed by atoms with E-state index in [1.54, 1.807) is 21.9 Å². The van der Waals surface area contributed by atoms with E-state index in [0.29, 0.717) is 17.8 Å². The predicted octanol–water partition coefficient (Wildman–Crippen LogP) is 6.79. The first-order chi connectivity index (χ1) is 17.4. The number of carbonyl (C=O) groups excluding carboxylic acids is 2. The number of anilines is 2. The van der Waals surface area contributed by atoms with Crippen molar-refractivity contribution < 1.29 is 18.4 Å². The fourth-order valence-corrected chi connectivity index (χ4v) is 4.88. The number of rotatable bonds is 4. The van der Waals surface area contributed by atoms with E-state index in [4.69, 9.17) is 0 Å². The summed E-state index contributed by atoms with van der Waals surface area (Å²) in [5.74, 6) is -1.61. The van der Waals surface area contributed by atoms with Crippen LogP contribution in [0.4, 0.5) is 20.2 Å². The van der Waals surface area contributed by atoms with Crippen LogP contribution in [0.25, 0.3) is 0 Å². The van der Waals surface area contributed by atoms with Crippen molar-refractivity contribution in [3.63, 3.8) is 0 Å². The van der Waals surface area contributed by atoms with E-state index in [9.17, 15) is 18.4 Å². The smallest absolute Gasteiger partial charge is 0.258 e. The van der Waals surface area contributed by atoms with E-state index in [1.165, 1.54) is 36.4 Å². The number of fused-ring (bicyclic) bond motifs is 1. The van der Waals surface area contributed by atoms with Gasteiger partial charge in [-0.05, 0) is 73.5 Å². The van der Waals surface area contributed by atoms with Crippen LogP contribution in [0, 0.1) is 11.6 Å². The molecule has 0 saturated heterocycles. The Hall–Kier alpha value is -4.32. The molecule has 0 spiro atoms. The molecule has 1 aliphatic heterocycles. The van der Waals surface area contributed by atoms with Crippen LogP contribution in [-0.4, -0.2) is 17.9 Å². The molecular formula is C30H24F2N2O2. The molecule has 0 unspecified atom stereocenters. The van der Waals surface area contributed by atoms with Gasteiger partial charge in [0.1, 0.15) is 11.6 Å². The van der Waals surface area contributed by atoms with Gasteiger partial charge in [-0.25, -0.2) is 8.78 Å². The maximum Gasteiger partial charge on any atom is 0.258 e. The lowest BCUT2D eigenvalue weighted by atomic mass is 9.89. The maximum absolute atomic E-state index is 14.0. The molecule has 4 aromatic rings. The van der Waals surface area contributed by atoms with Crippen molar-refractivity contribution in [2.24, 2.45) is 0 Å². The standard InChI is InChI=1S/C30H24F2N2O2/c1-20-17-28(34(25-13-3-2-4-14-25)30(36)22-10-8-12-24(32)19-22)26-15-5-6-16-27(26)33(20)29(35)21-9-7-11-23(31)18-21/h2-16,18-20,28H,17H2,1H3/t20-,28-/m0/s1. The molecule has 0 bridgehead atoms. The molecule has 5 rings (SSSR count). The number of nitrogens with zero attached hydrogens (tertiary/aromatic N) is 2. The van der Waals surface area contributed by atoms with Crippen molar-refractivity contribution in [2.75, 3.05) is 9.80 Å². The molecule has 1 aliphatic rings. The average molecular weight is 483 g/mol. The van der Waals surface area contributed by atoms with Crippen LogP contribution in [0.15, 0.2) is 103 Å².